The molecule has 1 aromatic carbocycles. The van der Waals surface area contributed by atoms with Gasteiger partial charge < -0.3 is 4.74 Å². The van der Waals surface area contributed by atoms with Gasteiger partial charge in [-0.05, 0) is 30.0 Å². The van der Waals surface area contributed by atoms with Crippen LogP contribution in [0.2, 0.25) is 0 Å². The van der Waals surface area contributed by atoms with Gasteiger partial charge in [0.25, 0.3) is 6.43 Å². The Balaban J connectivity index is 2.49. The SMILES string of the molecule is CCCCC(C)c1ccc(OCC(F)F)cc1. The second-order valence-corrected chi connectivity index (χ2v) is 4.31. The van der Waals surface area contributed by atoms with E-state index >= 15 is 0 Å². The monoisotopic (exact) mass is 242 g/mol. The van der Waals surface area contributed by atoms with Gasteiger partial charge in [0, 0.05) is 0 Å². The van der Waals surface area contributed by atoms with E-state index in [0.717, 1.165) is 6.42 Å². The number of benzene rings is 1. The molecule has 0 amide bonds. The smallest absolute Gasteiger partial charge is 0.272 e. The first kappa shape index (κ1) is 13.9. The highest BCUT2D eigenvalue weighted by Gasteiger charge is 2.06. The van der Waals surface area contributed by atoms with Gasteiger partial charge in [0.2, 0.25) is 0 Å². The van der Waals surface area contributed by atoms with Gasteiger partial charge in [-0.3, -0.25) is 0 Å². The van der Waals surface area contributed by atoms with Gasteiger partial charge in [-0.1, -0.05) is 38.8 Å². The second-order valence-electron chi connectivity index (χ2n) is 4.31. The molecule has 3 heteroatoms. The van der Waals surface area contributed by atoms with Crippen molar-refractivity contribution in [1.29, 1.82) is 0 Å². The highest BCUT2D eigenvalue weighted by Crippen LogP contribution is 2.23. The average molecular weight is 242 g/mol. The van der Waals surface area contributed by atoms with Crippen molar-refractivity contribution >= 4 is 0 Å². The summed E-state index contributed by atoms with van der Waals surface area (Å²) < 4.78 is 28.8. The van der Waals surface area contributed by atoms with Gasteiger partial charge >= 0.3 is 0 Å². The summed E-state index contributed by atoms with van der Waals surface area (Å²) in [7, 11) is 0. The van der Waals surface area contributed by atoms with Gasteiger partial charge in [-0.15, -0.1) is 0 Å². The summed E-state index contributed by atoms with van der Waals surface area (Å²) in [5.41, 5.74) is 1.24. The molecule has 0 heterocycles. The van der Waals surface area contributed by atoms with Crippen LogP contribution in [0.4, 0.5) is 8.78 Å². The van der Waals surface area contributed by atoms with Crippen molar-refractivity contribution < 1.29 is 13.5 Å². The molecule has 0 saturated heterocycles. The van der Waals surface area contributed by atoms with E-state index in [1.807, 2.05) is 12.1 Å². The minimum absolute atomic E-state index is 0.511. The molecule has 1 nitrogen and oxygen atoms in total. The largest absolute Gasteiger partial charge is 0.488 e. The molecule has 0 aliphatic rings. The van der Waals surface area contributed by atoms with Crippen LogP contribution in [0.5, 0.6) is 5.75 Å². The summed E-state index contributed by atoms with van der Waals surface area (Å²) in [6.07, 6.45) is 1.15. The Labute approximate surface area is 102 Å². The Hall–Kier alpha value is -1.12. The number of ether oxygens (including phenoxy) is 1. The van der Waals surface area contributed by atoms with Crippen LogP contribution in [-0.4, -0.2) is 13.0 Å². The molecule has 1 rings (SSSR count). The first-order valence-corrected chi connectivity index (χ1v) is 6.14. The van der Waals surface area contributed by atoms with Crippen LogP contribution in [0.15, 0.2) is 24.3 Å². The summed E-state index contributed by atoms with van der Waals surface area (Å²) >= 11 is 0. The molecule has 1 aromatic rings. The fourth-order valence-electron chi connectivity index (χ4n) is 1.73. The predicted molar refractivity (Wildman–Crippen MR) is 65.9 cm³/mol. The lowest BCUT2D eigenvalue weighted by Crippen LogP contribution is -2.06. The minimum atomic E-state index is -2.42. The summed E-state index contributed by atoms with van der Waals surface area (Å²) in [6, 6.07) is 7.45. The molecule has 0 aliphatic heterocycles. The Bertz CT molecular complexity index is 309. The third-order valence-electron chi connectivity index (χ3n) is 2.82. The van der Waals surface area contributed by atoms with Crippen molar-refractivity contribution in [3.05, 3.63) is 29.8 Å². The molecule has 0 spiro atoms. The van der Waals surface area contributed by atoms with Crippen molar-refractivity contribution in [2.45, 2.75) is 45.5 Å². The number of halogens is 2. The number of unbranched alkanes of at least 4 members (excludes halogenated alkanes) is 1. The Morgan fingerprint density at radius 2 is 1.82 bits per heavy atom. The zero-order chi connectivity index (χ0) is 12.7. The van der Waals surface area contributed by atoms with E-state index in [9.17, 15) is 8.78 Å². The van der Waals surface area contributed by atoms with E-state index < -0.39 is 13.0 Å². The molecular weight excluding hydrogens is 222 g/mol. The molecule has 0 bridgehead atoms. The van der Waals surface area contributed by atoms with E-state index in [2.05, 4.69) is 13.8 Å². The second kappa shape index (κ2) is 7.25. The number of hydrogen-bond acceptors (Lipinski definition) is 1. The molecular formula is C14H20F2O. The molecule has 0 radical (unpaired) electrons. The van der Waals surface area contributed by atoms with Gasteiger partial charge in [-0.2, -0.15) is 0 Å². The Kier molecular flexibility index (Phi) is 5.95. The van der Waals surface area contributed by atoms with Gasteiger partial charge in [0.15, 0.2) is 0 Å². The van der Waals surface area contributed by atoms with E-state index in [0.29, 0.717) is 11.7 Å². The first-order chi connectivity index (χ1) is 8.13. The topological polar surface area (TPSA) is 9.23 Å². The van der Waals surface area contributed by atoms with Crippen LogP contribution in [0.3, 0.4) is 0 Å². The summed E-state index contributed by atoms with van der Waals surface area (Å²) in [6.45, 7) is 3.82. The fourth-order valence-corrected chi connectivity index (χ4v) is 1.73. The van der Waals surface area contributed by atoms with Crippen molar-refractivity contribution in [1.82, 2.24) is 0 Å². The summed E-state index contributed by atoms with van der Waals surface area (Å²) in [5, 5.41) is 0. The van der Waals surface area contributed by atoms with Gasteiger partial charge in [0.05, 0.1) is 0 Å². The maximum atomic E-state index is 11.9. The van der Waals surface area contributed by atoms with E-state index in [1.54, 1.807) is 12.1 Å². The van der Waals surface area contributed by atoms with Crippen molar-refractivity contribution in [3.8, 4) is 5.75 Å². The van der Waals surface area contributed by atoms with Gasteiger partial charge in [0.1, 0.15) is 12.4 Å². The zero-order valence-corrected chi connectivity index (χ0v) is 10.5. The third kappa shape index (κ3) is 5.16. The highest BCUT2D eigenvalue weighted by atomic mass is 19.3. The summed E-state index contributed by atoms with van der Waals surface area (Å²) in [4.78, 5) is 0. The molecule has 96 valence electrons. The highest BCUT2D eigenvalue weighted by molar-refractivity contribution is 5.29. The van der Waals surface area contributed by atoms with Crippen LogP contribution in [-0.2, 0) is 0 Å². The normalized spacial score (nSPS) is 12.8. The molecule has 0 N–H and O–H groups in total. The molecule has 0 fully saturated rings. The zero-order valence-electron chi connectivity index (χ0n) is 10.5. The summed E-state index contributed by atoms with van der Waals surface area (Å²) in [5.74, 6) is 1.02. The number of hydrogen-bond donors (Lipinski definition) is 0. The van der Waals surface area contributed by atoms with E-state index in [-0.39, 0.29) is 0 Å². The lowest BCUT2D eigenvalue weighted by molar-refractivity contribution is 0.0819. The Morgan fingerprint density at radius 1 is 1.18 bits per heavy atom. The fraction of sp³-hybridized carbons (Fsp3) is 0.571. The van der Waals surface area contributed by atoms with Crippen LogP contribution in [0.25, 0.3) is 0 Å². The first-order valence-electron chi connectivity index (χ1n) is 6.14. The number of rotatable bonds is 7. The van der Waals surface area contributed by atoms with Crippen LogP contribution in [0.1, 0.15) is 44.6 Å². The third-order valence-corrected chi connectivity index (χ3v) is 2.82. The number of alkyl halides is 2. The maximum absolute atomic E-state index is 11.9. The van der Waals surface area contributed by atoms with Crippen molar-refractivity contribution in [2.75, 3.05) is 6.61 Å². The molecule has 1 unspecified atom stereocenters. The lowest BCUT2D eigenvalue weighted by Gasteiger charge is -2.12. The molecule has 1 atom stereocenters. The van der Waals surface area contributed by atoms with E-state index in [1.165, 1.54) is 18.4 Å². The lowest BCUT2D eigenvalue weighted by atomic mass is 9.96. The maximum Gasteiger partial charge on any atom is 0.272 e. The van der Waals surface area contributed by atoms with Crippen LogP contribution >= 0.6 is 0 Å². The quantitative estimate of drug-likeness (QED) is 0.677. The Morgan fingerprint density at radius 3 is 2.35 bits per heavy atom. The average Bonchev–Trinajstić information content (AvgIpc) is 2.34. The standard InChI is InChI=1S/C14H20F2O/c1-3-4-5-11(2)12-6-8-13(9-7-12)17-10-14(15)16/h6-9,11,14H,3-5,10H2,1-2H3. The van der Waals surface area contributed by atoms with Crippen molar-refractivity contribution in [3.63, 3.8) is 0 Å². The van der Waals surface area contributed by atoms with Crippen molar-refractivity contribution in [2.24, 2.45) is 0 Å². The van der Waals surface area contributed by atoms with Crippen LogP contribution < -0.4 is 4.74 Å². The van der Waals surface area contributed by atoms with E-state index in [4.69, 9.17) is 4.74 Å². The molecule has 0 aromatic heterocycles. The van der Waals surface area contributed by atoms with Crippen LogP contribution in [0, 0.1) is 0 Å². The molecule has 0 aliphatic carbocycles. The molecule has 17 heavy (non-hydrogen) atoms. The van der Waals surface area contributed by atoms with Gasteiger partial charge in [-0.25, -0.2) is 8.78 Å². The molecule has 0 saturated carbocycles. The predicted octanol–water partition coefficient (Wildman–Crippen LogP) is 4.62. The minimum Gasteiger partial charge on any atom is -0.488 e.